The molecule has 0 aliphatic carbocycles. The Morgan fingerprint density at radius 2 is 0.938 bits per heavy atom. The summed E-state index contributed by atoms with van der Waals surface area (Å²) in [5, 5.41) is 0. The van der Waals surface area contributed by atoms with E-state index in [2.05, 4.69) is 72.6 Å². The fourth-order valence-corrected chi connectivity index (χ4v) is 10.3. The highest BCUT2D eigenvalue weighted by Gasteiger charge is 2.47. The van der Waals surface area contributed by atoms with Crippen molar-refractivity contribution in [3.05, 3.63) is 38.0 Å². The highest BCUT2D eigenvalue weighted by Crippen LogP contribution is 2.50. The van der Waals surface area contributed by atoms with Crippen LogP contribution in [0, 0.1) is 0 Å². The van der Waals surface area contributed by atoms with Crippen LogP contribution in [0.1, 0.15) is 34.6 Å². The second-order valence-corrected chi connectivity index (χ2v) is 11.1. The van der Waals surface area contributed by atoms with Crippen LogP contribution in [0.2, 0.25) is 22.2 Å². The molecule has 0 rings (SSSR count). The molecule has 0 aromatic heterocycles. The normalized spacial score (nSPS) is 20.6. The molecule has 3 atom stereocenters. The summed E-state index contributed by atoms with van der Waals surface area (Å²) in [6, 6.07) is 0. The van der Waals surface area contributed by atoms with Crippen LogP contribution in [0.5, 0.6) is 0 Å². The maximum atomic E-state index is 4.01. The first kappa shape index (κ1) is 15.4. The molecule has 0 spiro atoms. The topological polar surface area (TPSA) is 0 Å². The molecule has 0 aromatic rings. The lowest BCUT2D eigenvalue weighted by atomic mass is 10.4. The fourth-order valence-electron chi connectivity index (χ4n) is 3.43. The second kappa shape index (κ2) is 6.24. The minimum absolute atomic E-state index is 0.591. The Bertz CT molecular complexity index is 216. The van der Waals surface area contributed by atoms with Gasteiger partial charge >= 0.3 is 0 Å². The standard InChI is InChI=1S/C15H28Si/c1-9-13(6)16(12(4)5,14(7)10-2)15(8)11-3/h9-15H,1-3H2,4-8H3. The molecule has 0 N–H and O–H groups in total. The van der Waals surface area contributed by atoms with Crippen LogP contribution in [-0.4, -0.2) is 8.07 Å². The quantitative estimate of drug-likeness (QED) is 0.400. The minimum atomic E-state index is -1.54. The lowest BCUT2D eigenvalue weighted by molar-refractivity contribution is 0.827. The van der Waals surface area contributed by atoms with Crippen molar-refractivity contribution < 1.29 is 0 Å². The third-order valence-corrected chi connectivity index (χ3v) is 11.9. The zero-order chi connectivity index (χ0) is 12.9. The average Bonchev–Trinajstić information content (AvgIpc) is 2.28. The van der Waals surface area contributed by atoms with Gasteiger partial charge in [0.2, 0.25) is 0 Å². The Balaban J connectivity index is 5.64. The average molecular weight is 236 g/mol. The molecule has 0 radical (unpaired) electrons. The summed E-state index contributed by atoms with van der Waals surface area (Å²) in [5.41, 5.74) is 2.48. The van der Waals surface area contributed by atoms with Crippen LogP contribution in [0.15, 0.2) is 38.0 Å². The third-order valence-electron chi connectivity index (χ3n) is 4.43. The number of allylic oxidation sites excluding steroid dienone is 3. The molecule has 0 fully saturated rings. The van der Waals surface area contributed by atoms with Gasteiger partial charge in [-0.2, -0.15) is 0 Å². The van der Waals surface area contributed by atoms with Gasteiger partial charge in [-0.25, -0.2) is 0 Å². The maximum Gasteiger partial charge on any atom is 0.0758 e. The highest BCUT2D eigenvalue weighted by atomic mass is 28.3. The fraction of sp³-hybridized carbons (Fsp3) is 0.600. The molecule has 92 valence electrons. The molecule has 0 saturated carbocycles. The molecule has 3 unspecified atom stereocenters. The summed E-state index contributed by atoms with van der Waals surface area (Å²) in [6.45, 7) is 23.7. The van der Waals surface area contributed by atoms with E-state index in [0.717, 1.165) is 0 Å². The first-order valence-electron chi connectivity index (χ1n) is 6.27. The van der Waals surface area contributed by atoms with Gasteiger partial charge in [-0.15, -0.1) is 19.7 Å². The number of hydrogen-bond acceptors (Lipinski definition) is 0. The van der Waals surface area contributed by atoms with Crippen LogP contribution in [0.3, 0.4) is 0 Å². The van der Waals surface area contributed by atoms with E-state index in [-0.39, 0.29) is 0 Å². The molecule has 0 amide bonds. The van der Waals surface area contributed by atoms with E-state index in [9.17, 15) is 0 Å². The van der Waals surface area contributed by atoms with Gasteiger partial charge < -0.3 is 0 Å². The van der Waals surface area contributed by atoms with E-state index in [0.29, 0.717) is 22.2 Å². The molecule has 0 bridgehead atoms. The summed E-state index contributed by atoms with van der Waals surface area (Å²) in [4.78, 5) is 0. The predicted octanol–water partition coefficient (Wildman–Crippen LogP) is 5.57. The van der Waals surface area contributed by atoms with Gasteiger partial charge in [0.15, 0.2) is 0 Å². The predicted molar refractivity (Wildman–Crippen MR) is 79.7 cm³/mol. The Hall–Kier alpha value is -0.563. The Morgan fingerprint density at radius 3 is 1.06 bits per heavy atom. The monoisotopic (exact) mass is 236 g/mol. The van der Waals surface area contributed by atoms with Gasteiger partial charge in [0.05, 0.1) is 8.07 Å². The molecule has 0 aliphatic rings. The van der Waals surface area contributed by atoms with E-state index < -0.39 is 8.07 Å². The van der Waals surface area contributed by atoms with Gasteiger partial charge in [-0.3, -0.25) is 0 Å². The lowest BCUT2D eigenvalue weighted by Crippen LogP contribution is -2.48. The molecule has 1 heteroatoms. The highest BCUT2D eigenvalue weighted by molar-refractivity contribution is 6.86. The number of rotatable bonds is 7. The van der Waals surface area contributed by atoms with Gasteiger partial charge in [0.1, 0.15) is 0 Å². The maximum absolute atomic E-state index is 4.01. The van der Waals surface area contributed by atoms with Gasteiger partial charge in [0.25, 0.3) is 0 Å². The van der Waals surface area contributed by atoms with Crippen LogP contribution >= 0.6 is 0 Å². The second-order valence-electron chi connectivity index (χ2n) is 5.23. The van der Waals surface area contributed by atoms with Gasteiger partial charge in [0, 0.05) is 0 Å². The molecule has 16 heavy (non-hydrogen) atoms. The SMILES string of the molecule is C=CC(C)[Si](C(C)C)(C(C)C=C)C(C)C=C. The Kier molecular flexibility index (Phi) is 6.02. The van der Waals surface area contributed by atoms with Crippen molar-refractivity contribution in [1.29, 1.82) is 0 Å². The van der Waals surface area contributed by atoms with E-state index in [1.807, 2.05) is 0 Å². The third kappa shape index (κ3) is 2.40. The molecule has 0 nitrogen and oxygen atoms in total. The largest absolute Gasteiger partial charge is 0.103 e. The molecule has 0 aromatic carbocycles. The Morgan fingerprint density at radius 1 is 0.688 bits per heavy atom. The van der Waals surface area contributed by atoms with Gasteiger partial charge in [-0.1, -0.05) is 52.8 Å². The summed E-state index contributed by atoms with van der Waals surface area (Å²) < 4.78 is 0. The zero-order valence-electron chi connectivity index (χ0n) is 11.7. The van der Waals surface area contributed by atoms with Crippen molar-refractivity contribution in [1.82, 2.24) is 0 Å². The molecule has 0 saturated heterocycles. The molecule has 0 heterocycles. The smallest absolute Gasteiger partial charge is 0.0758 e. The van der Waals surface area contributed by atoms with E-state index >= 15 is 0 Å². The van der Waals surface area contributed by atoms with Crippen molar-refractivity contribution in [3.8, 4) is 0 Å². The van der Waals surface area contributed by atoms with Crippen LogP contribution in [0.4, 0.5) is 0 Å². The summed E-state index contributed by atoms with van der Waals surface area (Å²) >= 11 is 0. The molecular weight excluding hydrogens is 208 g/mol. The molecular formula is C15H28Si. The first-order chi connectivity index (χ1) is 7.39. The minimum Gasteiger partial charge on any atom is -0.103 e. The lowest BCUT2D eigenvalue weighted by Gasteiger charge is -2.47. The zero-order valence-corrected chi connectivity index (χ0v) is 12.7. The van der Waals surface area contributed by atoms with Crippen molar-refractivity contribution in [2.24, 2.45) is 0 Å². The van der Waals surface area contributed by atoms with Crippen LogP contribution in [0.25, 0.3) is 0 Å². The van der Waals surface area contributed by atoms with Crippen molar-refractivity contribution in [3.63, 3.8) is 0 Å². The summed E-state index contributed by atoms with van der Waals surface area (Å²) in [7, 11) is -1.54. The van der Waals surface area contributed by atoms with E-state index in [4.69, 9.17) is 0 Å². The van der Waals surface area contributed by atoms with Crippen LogP contribution < -0.4 is 0 Å². The first-order valence-corrected chi connectivity index (χ1v) is 8.58. The Labute approximate surface area is 103 Å². The van der Waals surface area contributed by atoms with Crippen molar-refractivity contribution in [2.75, 3.05) is 0 Å². The van der Waals surface area contributed by atoms with Gasteiger partial charge in [-0.05, 0) is 22.2 Å². The van der Waals surface area contributed by atoms with Crippen molar-refractivity contribution in [2.45, 2.75) is 56.8 Å². The summed E-state index contributed by atoms with van der Waals surface area (Å²) in [5.74, 6) is 0. The van der Waals surface area contributed by atoms with E-state index in [1.165, 1.54) is 0 Å². The van der Waals surface area contributed by atoms with E-state index in [1.54, 1.807) is 0 Å². The number of hydrogen-bond donors (Lipinski definition) is 0. The summed E-state index contributed by atoms with van der Waals surface area (Å²) in [6.07, 6.45) is 6.39. The van der Waals surface area contributed by atoms with Crippen LogP contribution in [-0.2, 0) is 0 Å². The van der Waals surface area contributed by atoms with Crippen molar-refractivity contribution >= 4 is 8.07 Å². The molecule has 0 aliphatic heterocycles.